The van der Waals surface area contributed by atoms with Crippen LogP contribution >= 0.6 is 0 Å². The third-order valence-corrected chi connectivity index (χ3v) is 4.50. The second-order valence-corrected chi connectivity index (χ2v) is 5.61. The van der Waals surface area contributed by atoms with Gasteiger partial charge < -0.3 is 5.32 Å². The third-order valence-electron chi connectivity index (χ3n) is 4.50. The van der Waals surface area contributed by atoms with E-state index >= 15 is 0 Å². The van der Waals surface area contributed by atoms with Crippen LogP contribution in [0.25, 0.3) is 0 Å². The fraction of sp³-hybridized carbons (Fsp3) is 0.467. The van der Waals surface area contributed by atoms with Gasteiger partial charge in [0, 0.05) is 18.0 Å². The Morgan fingerprint density at radius 2 is 2.15 bits per heavy atom. The highest BCUT2D eigenvalue weighted by Gasteiger charge is 2.34. The Kier molecular flexibility index (Phi) is 3.44. The Balaban J connectivity index is 1.78. The monoisotopic (exact) mass is 274 g/mol. The van der Waals surface area contributed by atoms with Gasteiger partial charge in [-0.05, 0) is 54.9 Å². The molecule has 0 bridgehead atoms. The van der Waals surface area contributed by atoms with Gasteiger partial charge in [0.1, 0.15) is 0 Å². The first kappa shape index (κ1) is 13.1. The molecule has 2 unspecified atom stereocenters. The predicted molar refractivity (Wildman–Crippen MR) is 72.3 cm³/mol. The quantitative estimate of drug-likeness (QED) is 0.557. The number of hydrogen-bond donors (Lipinski definition) is 3. The number of benzene rings is 1. The summed E-state index contributed by atoms with van der Waals surface area (Å²) in [5, 5.41) is 11.6. The minimum atomic E-state index is -0.481. The molecule has 1 aromatic rings. The van der Waals surface area contributed by atoms with Crippen LogP contribution in [0.2, 0.25) is 0 Å². The molecule has 106 valence electrons. The fourth-order valence-electron chi connectivity index (χ4n) is 3.40. The van der Waals surface area contributed by atoms with Gasteiger partial charge in [-0.1, -0.05) is 6.07 Å². The normalized spacial score (nSPS) is 24.9. The third kappa shape index (κ3) is 2.29. The van der Waals surface area contributed by atoms with E-state index < -0.39 is 5.91 Å². The highest BCUT2D eigenvalue weighted by molar-refractivity contribution is 5.93. The molecular formula is C15H18N2O3. The van der Waals surface area contributed by atoms with E-state index in [0.29, 0.717) is 11.5 Å². The number of hydroxylamine groups is 1. The van der Waals surface area contributed by atoms with Crippen LogP contribution in [-0.4, -0.2) is 23.6 Å². The summed E-state index contributed by atoms with van der Waals surface area (Å²) in [4.78, 5) is 23.2. The molecule has 1 heterocycles. The van der Waals surface area contributed by atoms with Crippen LogP contribution in [-0.2, 0) is 17.6 Å². The van der Waals surface area contributed by atoms with Gasteiger partial charge in [0.25, 0.3) is 5.91 Å². The first-order valence-electron chi connectivity index (χ1n) is 7.03. The summed E-state index contributed by atoms with van der Waals surface area (Å²) in [6.07, 6.45) is 3.70. The summed E-state index contributed by atoms with van der Waals surface area (Å²) >= 11 is 0. The van der Waals surface area contributed by atoms with Crippen LogP contribution < -0.4 is 10.8 Å². The van der Waals surface area contributed by atoms with Crippen LogP contribution in [0.4, 0.5) is 0 Å². The van der Waals surface area contributed by atoms with Crippen molar-refractivity contribution in [1.29, 1.82) is 0 Å². The van der Waals surface area contributed by atoms with Crippen LogP contribution in [0.15, 0.2) is 18.2 Å². The van der Waals surface area contributed by atoms with Crippen molar-refractivity contribution in [2.45, 2.75) is 25.7 Å². The molecule has 3 rings (SSSR count). The second kappa shape index (κ2) is 5.25. The maximum Gasteiger partial charge on any atom is 0.274 e. The van der Waals surface area contributed by atoms with Crippen molar-refractivity contribution in [1.82, 2.24) is 10.8 Å². The van der Waals surface area contributed by atoms with Crippen molar-refractivity contribution < 1.29 is 14.8 Å². The first-order chi connectivity index (χ1) is 9.69. The van der Waals surface area contributed by atoms with Gasteiger partial charge in [-0.2, -0.15) is 0 Å². The lowest BCUT2D eigenvalue weighted by molar-refractivity contribution is -0.124. The van der Waals surface area contributed by atoms with Gasteiger partial charge in [0.05, 0.1) is 0 Å². The lowest BCUT2D eigenvalue weighted by Crippen LogP contribution is -2.29. The summed E-state index contributed by atoms with van der Waals surface area (Å²) in [7, 11) is 0. The number of fused-ring (bicyclic) bond motifs is 1. The summed E-state index contributed by atoms with van der Waals surface area (Å²) in [6.45, 7) is 0.794. The average Bonchev–Trinajstić information content (AvgIpc) is 2.91. The zero-order valence-electron chi connectivity index (χ0n) is 11.2. The number of carbonyl (C=O) groups is 2. The number of carbonyl (C=O) groups excluding carboxylic acids is 2. The molecule has 0 aromatic heterocycles. The minimum Gasteiger partial charge on any atom is -0.356 e. The summed E-state index contributed by atoms with van der Waals surface area (Å²) in [5.41, 5.74) is 4.50. The molecule has 1 aromatic carbocycles. The summed E-state index contributed by atoms with van der Waals surface area (Å²) in [5.74, 6) is 0.255. The summed E-state index contributed by atoms with van der Waals surface area (Å²) < 4.78 is 0. The molecule has 5 heteroatoms. The zero-order chi connectivity index (χ0) is 14.1. The Morgan fingerprint density at radius 1 is 1.30 bits per heavy atom. The molecule has 3 N–H and O–H groups in total. The molecule has 0 radical (unpaired) electrons. The van der Waals surface area contributed by atoms with Gasteiger partial charge in [0.2, 0.25) is 5.91 Å². The van der Waals surface area contributed by atoms with Crippen LogP contribution in [0.1, 0.15) is 34.3 Å². The maximum absolute atomic E-state index is 11.8. The van der Waals surface area contributed by atoms with E-state index in [4.69, 9.17) is 5.21 Å². The first-order valence-corrected chi connectivity index (χ1v) is 7.03. The predicted octanol–water partition coefficient (Wildman–Crippen LogP) is 1.05. The molecule has 5 nitrogen and oxygen atoms in total. The number of rotatable bonds is 2. The van der Waals surface area contributed by atoms with Crippen LogP contribution in [0.3, 0.4) is 0 Å². The van der Waals surface area contributed by atoms with Crippen LogP contribution in [0, 0.1) is 11.8 Å². The minimum absolute atomic E-state index is 0.142. The van der Waals surface area contributed by atoms with Crippen molar-refractivity contribution in [2.75, 3.05) is 6.54 Å². The maximum atomic E-state index is 11.8. The lowest BCUT2D eigenvalue weighted by atomic mass is 9.76. The van der Waals surface area contributed by atoms with Gasteiger partial charge in [-0.25, -0.2) is 5.48 Å². The van der Waals surface area contributed by atoms with E-state index in [2.05, 4.69) is 5.32 Å². The van der Waals surface area contributed by atoms with Crippen molar-refractivity contribution in [3.8, 4) is 0 Å². The molecule has 2 aliphatic rings. The zero-order valence-corrected chi connectivity index (χ0v) is 11.2. The van der Waals surface area contributed by atoms with Crippen molar-refractivity contribution in [3.63, 3.8) is 0 Å². The van der Waals surface area contributed by atoms with Gasteiger partial charge in [-0.15, -0.1) is 0 Å². The smallest absolute Gasteiger partial charge is 0.274 e. The molecule has 2 atom stereocenters. The molecule has 0 saturated carbocycles. The van der Waals surface area contributed by atoms with Crippen molar-refractivity contribution >= 4 is 11.8 Å². The van der Waals surface area contributed by atoms with E-state index in [1.165, 1.54) is 5.56 Å². The van der Waals surface area contributed by atoms with E-state index in [-0.39, 0.29) is 11.8 Å². The number of aryl methyl sites for hydroxylation is 1. The highest BCUT2D eigenvalue weighted by atomic mass is 16.5. The topological polar surface area (TPSA) is 78.4 Å². The average molecular weight is 274 g/mol. The summed E-state index contributed by atoms with van der Waals surface area (Å²) in [6, 6.07) is 5.51. The van der Waals surface area contributed by atoms with Gasteiger partial charge in [0.15, 0.2) is 0 Å². The Bertz CT molecular complexity index is 556. The molecule has 2 amide bonds. The van der Waals surface area contributed by atoms with E-state index in [9.17, 15) is 9.59 Å². The second-order valence-electron chi connectivity index (χ2n) is 5.61. The Labute approximate surface area is 117 Å². The van der Waals surface area contributed by atoms with Gasteiger partial charge >= 0.3 is 0 Å². The SMILES string of the molecule is O=C(NO)c1ccc2c(c1)CCC(C1CCNC1=O)C2. The number of amides is 2. The molecule has 20 heavy (non-hydrogen) atoms. The Morgan fingerprint density at radius 3 is 2.85 bits per heavy atom. The molecule has 1 fully saturated rings. The molecule has 0 spiro atoms. The largest absolute Gasteiger partial charge is 0.356 e. The van der Waals surface area contributed by atoms with E-state index in [1.54, 1.807) is 11.5 Å². The molecular weight excluding hydrogens is 256 g/mol. The fourth-order valence-corrected chi connectivity index (χ4v) is 3.40. The molecule has 1 saturated heterocycles. The van der Waals surface area contributed by atoms with Crippen molar-refractivity contribution in [3.05, 3.63) is 34.9 Å². The van der Waals surface area contributed by atoms with E-state index in [0.717, 1.165) is 37.8 Å². The van der Waals surface area contributed by atoms with Crippen molar-refractivity contribution in [2.24, 2.45) is 11.8 Å². The molecule has 1 aliphatic carbocycles. The molecule has 1 aliphatic heterocycles. The van der Waals surface area contributed by atoms with Crippen LogP contribution in [0.5, 0.6) is 0 Å². The highest BCUT2D eigenvalue weighted by Crippen LogP contribution is 2.33. The number of nitrogens with one attached hydrogen (secondary N) is 2. The standard InChI is InChI=1S/C15H18N2O3/c18-14(17-20)12-4-2-9-7-11(3-1-10(9)8-12)13-5-6-16-15(13)19/h2,4,8,11,13,20H,1,3,5-7H2,(H,16,19)(H,17,18). The Hall–Kier alpha value is -1.88. The lowest BCUT2D eigenvalue weighted by Gasteiger charge is -2.28. The number of hydrogen-bond acceptors (Lipinski definition) is 3. The van der Waals surface area contributed by atoms with Gasteiger partial charge in [-0.3, -0.25) is 14.8 Å². The van der Waals surface area contributed by atoms with E-state index in [1.807, 2.05) is 12.1 Å².